The van der Waals surface area contributed by atoms with Crippen molar-refractivity contribution in [2.45, 2.75) is 27.2 Å². The molecular formula is C13H19ClN2O2. The maximum absolute atomic E-state index is 12.0. The fourth-order valence-electron chi connectivity index (χ4n) is 1.74. The number of halogens is 1. The van der Waals surface area contributed by atoms with Crippen molar-refractivity contribution in [2.75, 3.05) is 6.61 Å². The maximum Gasteiger partial charge on any atom is 0.316 e. The van der Waals surface area contributed by atoms with Gasteiger partial charge in [-0.25, -0.2) is 0 Å². The molecule has 0 spiro atoms. The summed E-state index contributed by atoms with van der Waals surface area (Å²) >= 11 is 6.19. The maximum atomic E-state index is 12.0. The van der Waals surface area contributed by atoms with Gasteiger partial charge in [0.1, 0.15) is 0 Å². The summed E-state index contributed by atoms with van der Waals surface area (Å²) in [7, 11) is 1.81. The molecule has 0 aliphatic rings. The van der Waals surface area contributed by atoms with E-state index in [9.17, 15) is 4.79 Å². The number of carbonyl (C=O) groups is 1. The van der Waals surface area contributed by atoms with Gasteiger partial charge >= 0.3 is 5.97 Å². The number of nitrogens with zero attached hydrogens (tertiary/aromatic N) is 2. The lowest BCUT2D eigenvalue weighted by atomic mass is 9.85. The van der Waals surface area contributed by atoms with Gasteiger partial charge in [0.25, 0.3) is 0 Å². The largest absolute Gasteiger partial charge is 0.465 e. The van der Waals surface area contributed by atoms with Crippen molar-refractivity contribution in [1.82, 2.24) is 9.78 Å². The summed E-state index contributed by atoms with van der Waals surface area (Å²) in [5.41, 5.74) is 0.772. The molecule has 0 saturated carbocycles. The number of aromatic nitrogens is 2. The Morgan fingerprint density at radius 1 is 1.67 bits per heavy atom. The third-order valence-corrected chi connectivity index (χ3v) is 3.48. The van der Waals surface area contributed by atoms with E-state index in [4.69, 9.17) is 16.3 Å². The second-order valence-electron chi connectivity index (χ2n) is 4.49. The van der Waals surface area contributed by atoms with Crippen LogP contribution < -0.4 is 0 Å². The first-order valence-electron chi connectivity index (χ1n) is 5.84. The molecule has 1 unspecified atom stereocenters. The number of hydrogen-bond donors (Lipinski definition) is 0. The van der Waals surface area contributed by atoms with Gasteiger partial charge in [0.15, 0.2) is 0 Å². The Balaban J connectivity index is 3.05. The molecule has 18 heavy (non-hydrogen) atoms. The first-order valence-corrected chi connectivity index (χ1v) is 6.22. The van der Waals surface area contributed by atoms with Crippen LogP contribution in [0.4, 0.5) is 0 Å². The Kier molecular flexibility index (Phi) is 4.57. The van der Waals surface area contributed by atoms with Crippen LogP contribution in [-0.4, -0.2) is 22.4 Å². The topological polar surface area (TPSA) is 44.1 Å². The van der Waals surface area contributed by atoms with Gasteiger partial charge < -0.3 is 4.74 Å². The molecule has 5 heteroatoms. The van der Waals surface area contributed by atoms with Gasteiger partial charge in [-0.05, 0) is 20.8 Å². The highest BCUT2D eigenvalue weighted by molar-refractivity contribution is 6.31. The smallest absolute Gasteiger partial charge is 0.316 e. The van der Waals surface area contributed by atoms with E-state index < -0.39 is 5.41 Å². The van der Waals surface area contributed by atoms with Crippen molar-refractivity contribution < 1.29 is 9.53 Å². The highest BCUT2D eigenvalue weighted by Gasteiger charge is 2.34. The number of carbonyl (C=O) groups excluding carboxylic acids is 1. The molecular weight excluding hydrogens is 252 g/mol. The van der Waals surface area contributed by atoms with Crippen LogP contribution in [0.2, 0.25) is 5.02 Å². The molecule has 0 aromatic carbocycles. The van der Waals surface area contributed by atoms with E-state index in [1.165, 1.54) is 0 Å². The van der Waals surface area contributed by atoms with Crippen molar-refractivity contribution in [1.29, 1.82) is 0 Å². The summed E-state index contributed by atoms with van der Waals surface area (Å²) < 4.78 is 6.77. The van der Waals surface area contributed by atoms with Crippen LogP contribution in [-0.2, 0) is 23.0 Å². The summed E-state index contributed by atoms with van der Waals surface area (Å²) in [6.45, 7) is 9.48. The van der Waals surface area contributed by atoms with Gasteiger partial charge in [-0.15, -0.1) is 6.58 Å². The van der Waals surface area contributed by atoms with E-state index in [2.05, 4.69) is 11.7 Å². The third kappa shape index (κ3) is 2.75. The van der Waals surface area contributed by atoms with Crippen molar-refractivity contribution >= 4 is 17.6 Å². The van der Waals surface area contributed by atoms with Gasteiger partial charge in [-0.2, -0.15) is 5.10 Å². The minimum atomic E-state index is -0.792. The zero-order valence-corrected chi connectivity index (χ0v) is 12.0. The molecule has 1 atom stereocenters. The normalized spacial score (nSPS) is 14.1. The zero-order valence-electron chi connectivity index (χ0n) is 11.3. The lowest BCUT2D eigenvalue weighted by Crippen LogP contribution is -2.31. The van der Waals surface area contributed by atoms with Gasteiger partial charge in [0, 0.05) is 13.5 Å². The monoisotopic (exact) mass is 270 g/mol. The first kappa shape index (κ1) is 14.8. The predicted molar refractivity (Wildman–Crippen MR) is 71.6 cm³/mol. The van der Waals surface area contributed by atoms with E-state index in [1.54, 1.807) is 24.6 Å². The lowest BCUT2D eigenvalue weighted by Gasteiger charge is -2.23. The van der Waals surface area contributed by atoms with E-state index in [0.717, 1.165) is 11.4 Å². The Bertz CT molecular complexity index is 468. The van der Waals surface area contributed by atoms with Crippen LogP contribution in [0.15, 0.2) is 12.7 Å². The molecule has 100 valence electrons. The predicted octanol–water partition coefficient (Wildman–Crippen LogP) is 2.68. The molecule has 1 aromatic rings. The van der Waals surface area contributed by atoms with Gasteiger partial charge in [-0.1, -0.05) is 17.7 Å². The molecule has 1 heterocycles. The van der Waals surface area contributed by atoms with E-state index in [1.807, 2.05) is 14.0 Å². The minimum absolute atomic E-state index is 0.296. The molecule has 0 saturated heterocycles. The van der Waals surface area contributed by atoms with E-state index in [-0.39, 0.29) is 5.97 Å². The number of esters is 1. The van der Waals surface area contributed by atoms with E-state index >= 15 is 0 Å². The van der Waals surface area contributed by atoms with Gasteiger partial charge in [0.2, 0.25) is 0 Å². The Morgan fingerprint density at radius 3 is 2.67 bits per heavy atom. The van der Waals surface area contributed by atoms with E-state index in [0.29, 0.717) is 18.1 Å². The summed E-state index contributed by atoms with van der Waals surface area (Å²) in [6, 6.07) is 0. The lowest BCUT2D eigenvalue weighted by molar-refractivity contribution is -0.151. The number of ether oxygens (including phenoxy) is 1. The third-order valence-electron chi connectivity index (χ3n) is 2.99. The fraction of sp³-hybridized carbons (Fsp3) is 0.538. The van der Waals surface area contributed by atoms with Crippen molar-refractivity contribution in [2.24, 2.45) is 12.5 Å². The summed E-state index contributed by atoms with van der Waals surface area (Å²) in [5.74, 6) is -0.296. The fourth-order valence-corrected chi connectivity index (χ4v) is 1.97. The number of hydrogen-bond acceptors (Lipinski definition) is 3. The molecule has 0 fully saturated rings. The van der Waals surface area contributed by atoms with Crippen molar-refractivity contribution in [3.05, 3.63) is 29.1 Å². The Morgan fingerprint density at radius 2 is 2.28 bits per heavy atom. The first-order chi connectivity index (χ1) is 8.35. The standard InChI is InChI=1S/C13H19ClN2O2/c1-6-13(4,12(17)18-7-2)8-10-11(14)9(3)15-16(10)5/h6H,1,7-8H2,2-5H3. The summed E-state index contributed by atoms with van der Waals surface area (Å²) in [6.07, 6.45) is 2.02. The average molecular weight is 271 g/mol. The molecule has 0 N–H and O–H groups in total. The highest BCUT2D eigenvalue weighted by atomic mass is 35.5. The SMILES string of the molecule is C=CC(C)(Cc1c(Cl)c(C)nn1C)C(=O)OCC. The quantitative estimate of drug-likeness (QED) is 0.610. The molecule has 4 nitrogen and oxygen atoms in total. The number of rotatable bonds is 5. The van der Waals surface area contributed by atoms with Crippen molar-refractivity contribution in [3.8, 4) is 0 Å². The van der Waals surface area contributed by atoms with Crippen molar-refractivity contribution in [3.63, 3.8) is 0 Å². The molecule has 0 aliphatic heterocycles. The molecule has 0 amide bonds. The molecule has 0 radical (unpaired) electrons. The van der Waals surface area contributed by atoms with Crippen LogP contribution in [0.3, 0.4) is 0 Å². The highest BCUT2D eigenvalue weighted by Crippen LogP contribution is 2.30. The molecule has 1 aromatic heterocycles. The minimum Gasteiger partial charge on any atom is -0.465 e. The molecule has 0 aliphatic carbocycles. The van der Waals surface area contributed by atoms with Gasteiger partial charge in [-0.3, -0.25) is 9.48 Å². The summed E-state index contributed by atoms with van der Waals surface area (Å²) in [4.78, 5) is 12.0. The average Bonchev–Trinajstić information content (AvgIpc) is 2.56. The van der Waals surface area contributed by atoms with Gasteiger partial charge in [0.05, 0.1) is 28.4 Å². The second-order valence-corrected chi connectivity index (χ2v) is 4.87. The van der Waals surface area contributed by atoms with Crippen LogP contribution in [0.1, 0.15) is 25.2 Å². The van der Waals surface area contributed by atoms with Crippen LogP contribution in [0.25, 0.3) is 0 Å². The second kappa shape index (κ2) is 5.57. The molecule has 1 rings (SSSR count). The Labute approximate surface area is 113 Å². The van der Waals surface area contributed by atoms with Crippen LogP contribution >= 0.6 is 11.6 Å². The zero-order chi connectivity index (χ0) is 13.9. The van der Waals surface area contributed by atoms with Crippen LogP contribution in [0, 0.1) is 12.3 Å². The molecule has 0 bridgehead atoms. The van der Waals surface area contributed by atoms with Crippen LogP contribution in [0.5, 0.6) is 0 Å². The number of aryl methyl sites for hydroxylation is 2. The summed E-state index contributed by atoms with van der Waals surface area (Å²) in [5, 5.41) is 4.83. The Hall–Kier alpha value is -1.29.